The number of nitrogens with one attached hydrogen (secondary N) is 1. The lowest BCUT2D eigenvalue weighted by atomic mass is 9.97. The van der Waals surface area contributed by atoms with E-state index >= 15 is 0 Å². The Morgan fingerprint density at radius 2 is 1.82 bits per heavy atom. The van der Waals surface area contributed by atoms with Crippen molar-refractivity contribution in [1.82, 2.24) is 5.32 Å². The maximum atomic E-state index is 12.1. The summed E-state index contributed by atoms with van der Waals surface area (Å²) in [5.41, 5.74) is 2.25. The van der Waals surface area contributed by atoms with Gasteiger partial charge in [0.25, 0.3) is 0 Å². The highest BCUT2D eigenvalue weighted by atomic mass is 19.4. The molecule has 1 N–H and O–H groups in total. The van der Waals surface area contributed by atoms with E-state index in [9.17, 15) is 13.2 Å². The molecule has 0 saturated carbocycles. The summed E-state index contributed by atoms with van der Waals surface area (Å²) in [6, 6.07) is 6.30. The molecule has 17 heavy (non-hydrogen) atoms. The van der Waals surface area contributed by atoms with E-state index in [-0.39, 0.29) is 0 Å². The van der Waals surface area contributed by atoms with Gasteiger partial charge in [0, 0.05) is 0 Å². The first kappa shape index (κ1) is 13.5. The SMILES string of the molecule is Cc1cccc(C)c1C(C#N)NCC(F)(F)F. The molecule has 0 fully saturated rings. The number of benzene rings is 1. The fourth-order valence-corrected chi connectivity index (χ4v) is 1.71. The molecule has 1 unspecified atom stereocenters. The first-order valence-corrected chi connectivity index (χ1v) is 5.11. The van der Waals surface area contributed by atoms with Crippen molar-refractivity contribution in [1.29, 1.82) is 5.26 Å². The van der Waals surface area contributed by atoms with E-state index < -0.39 is 18.8 Å². The van der Waals surface area contributed by atoms with Gasteiger partial charge in [-0.2, -0.15) is 18.4 Å². The number of hydrogen-bond donors (Lipinski definition) is 1. The lowest BCUT2D eigenvalue weighted by Gasteiger charge is -2.17. The lowest BCUT2D eigenvalue weighted by molar-refractivity contribution is -0.125. The van der Waals surface area contributed by atoms with Crippen LogP contribution in [0, 0.1) is 25.2 Å². The van der Waals surface area contributed by atoms with Crippen LogP contribution >= 0.6 is 0 Å². The van der Waals surface area contributed by atoms with Crippen LogP contribution in [0.2, 0.25) is 0 Å². The van der Waals surface area contributed by atoms with Crippen LogP contribution in [0.25, 0.3) is 0 Å². The van der Waals surface area contributed by atoms with E-state index in [1.54, 1.807) is 26.0 Å². The summed E-state index contributed by atoms with van der Waals surface area (Å²) in [5.74, 6) is 0. The van der Waals surface area contributed by atoms with Crippen LogP contribution in [0.4, 0.5) is 13.2 Å². The van der Waals surface area contributed by atoms with Gasteiger partial charge in [0.05, 0.1) is 12.6 Å². The third kappa shape index (κ3) is 3.75. The predicted molar refractivity (Wildman–Crippen MR) is 58.3 cm³/mol. The summed E-state index contributed by atoms with van der Waals surface area (Å²) >= 11 is 0. The molecule has 0 aliphatic rings. The van der Waals surface area contributed by atoms with Gasteiger partial charge in [-0.15, -0.1) is 0 Å². The van der Waals surface area contributed by atoms with Gasteiger partial charge in [0.2, 0.25) is 0 Å². The number of rotatable bonds is 3. The summed E-state index contributed by atoms with van der Waals surface area (Å²) in [6.45, 7) is 2.39. The average Bonchev–Trinajstić information content (AvgIpc) is 2.21. The summed E-state index contributed by atoms with van der Waals surface area (Å²) in [6.07, 6.45) is -4.31. The zero-order valence-corrected chi connectivity index (χ0v) is 9.60. The van der Waals surface area contributed by atoms with Gasteiger partial charge in [0.15, 0.2) is 0 Å². The monoisotopic (exact) mass is 242 g/mol. The van der Waals surface area contributed by atoms with Gasteiger partial charge >= 0.3 is 6.18 Å². The number of alkyl halides is 3. The van der Waals surface area contributed by atoms with Gasteiger partial charge in [-0.05, 0) is 30.5 Å². The molecule has 0 aliphatic heterocycles. The van der Waals surface area contributed by atoms with Crippen molar-refractivity contribution in [3.63, 3.8) is 0 Å². The Labute approximate surface area is 98.1 Å². The molecule has 2 nitrogen and oxygen atoms in total. The first-order valence-electron chi connectivity index (χ1n) is 5.11. The van der Waals surface area contributed by atoms with Crippen LogP contribution in [-0.2, 0) is 0 Å². The number of nitriles is 1. The van der Waals surface area contributed by atoms with Crippen LogP contribution in [0.5, 0.6) is 0 Å². The third-order valence-electron chi connectivity index (χ3n) is 2.47. The zero-order chi connectivity index (χ0) is 13.1. The van der Waals surface area contributed by atoms with Crippen molar-refractivity contribution in [3.8, 4) is 6.07 Å². The molecular formula is C12H13F3N2. The second-order valence-electron chi connectivity index (χ2n) is 3.86. The van der Waals surface area contributed by atoms with Gasteiger partial charge in [-0.3, -0.25) is 5.32 Å². The number of hydrogen-bond acceptors (Lipinski definition) is 2. The van der Waals surface area contributed by atoms with E-state index in [1.807, 2.05) is 12.1 Å². The second kappa shape index (κ2) is 5.19. The standard InChI is InChI=1S/C12H13F3N2/c1-8-4-3-5-9(2)11(8)10(6-16)17-7-12(13,14)15/h3-5,10,17H,7H2,1-2H3. The van der Waals surface area contributed by atoms with Crippen molar-refractivity contribution in [2.75, 3.05) is 6.54 Å². The molecule has 1 rings (SSSR count). The highest BCUT2D eigenvalue weighted by molar-refractivity contribution is 5.38. The Balaban J connectivity index is 2.92. The van der Waals surface area contributed by atoms with Gasteiger partial charge in [0.1, 0.15) is 6.04 Å². The first-order chi connectivity index (χ1) is 7.85. The molecule has 0 aromatic heterocycles. The highest BCUT2D eigenvalue weighted by Crippen LogP contribution is 2.22. The summed E-state index contributed by atoms with van der Waals surface area (Å²) in [7, 11) is 0. The van der Waals surface area contributed by atoms with E-state index in [0.717, 1.165) is 11.1 Å². The molecule has 0 bridgehead atoms. The summed E-state index contributed by atoms with van der Waals surface area (Å²) in [4.78, 5) is 0. The van der Waals surface area contributed by atoms with E-state index in [2.05, 4.69) is 5.32 Å². The Morgan fingerprint density at radius 3 is 2.24 bits per heavy atom. The molecule has 0 radical (unpaired) electrons. The second-order valence-corrected chi connectivity index (χ2v) is 3.86. The fourth-order valence-electron chi connectivity index (χ4n) is 1.71. The highest BCUT2D eigenvalue weighted by Gasteiger charge is 2.29. The lowest BCUT2D eigenvalue weighted by Crippen LogP contribution is -2.32. The molecule has 0 spiro atoms. The molecule has 0 heterocycles. The van der Waals surface area contributed by atoms with Crippen LogP contribution < -0.4 is 5.32 Å². The van der Waals surface area contributed by atoms with Gasteiger partial charge in [-0.1, -0.05) is 18.2 Å². The molecule has 1 aromatic carbocycles. The van der Waals surface area contributed by atoms with Crippen molar-refractivity contribution >= 4 is 0 Å². The molecular weight excluding hydrogens is 229 g/mol. The van der Waals surface area contributed by atoms with Crippen LogP contribution in [-0.4, -0.2) is 12.7 Å². The van der Waals surface area contributed by atoms with Crippen molar-refractivity contribution in [2.24, 2.45) is 0 Å². The van der Waals surface area contributed by atoms with Gasteiger partial charge in [-0.25, -0.2) is 0 Å². The predicted octanol–water partition coefficient (Wildman–Crippen LogP) is 3.02. The molecule has 1 aromatic rings. The number of halogens is 3. The Bertz CT molecular complexity index is 412. The van der Waals surface area contributed by atoms with Crippen LogP contribution in [0.15, 0.2) is 18.2 Å². The van der Waals surface area contributed by atoms with E-state index in [4.69, 9.17) is 5.26 Å². The van der Waals surface area contributed by atoms with Crippen molar-refractivity contribution < 1.29 is 13.2 Å². The van der Waals surface area contributed by atoms with Crippen LogP contribution in [0.3, 0.4) is 0 Å². The molecule has 0 aliphatic carbocycles. The smallest absolute Gasteiger partial charge is 0.290 e. The summed E-state index contributed by atoms with van der Waals surface area (Å²) in [5, 5.41) is 11.2. The maximum Gasteiger partial charge on any atom is 0.401 e. The van der Waals surface area contributed by atoms with E-state index in [0.29, 0.717) is 5.56 Å². The molecule has 1 atom stereocenters. The minimum atomic E-state index is -4.31. The van der Waals surface area contributed by atoms with Crippen molar-refractivity contribution in [3.05, 3.63) is 34.9 Å². The largest absolute Gasteiger partial charge is 0.401 e. The topological polar surface area (TPSA) is 35.8 Å². The summed E-state index contributed by atoms with van der Waals surface area (Å²) < 4.78 is 36.3. The molecule has 0 saturated heterocycles. The number of nitrogens with zero attached hydrogens (tertiary/aromatic N) is 1. The fraction of sp³-hybridized carbons (Fsp3) is 0.417. The quantitative estimate of drug-likeness (QED) is 0.884. The Kier molecular flexibility index (Phi) is 4.13. The Hall–Kier alpha value is -1.54. The molecule has 92 valence electrons. The van der Waals surface area contributed by atoms with E-state index in [1.165, 1.54) is 0 Å². The maximum absolute atomic E-state index is 12.1. The number of aryl methyl sites for hydroxylation is 2. The van der Waals surface area contributed by atoms with Gasteiger partial charge < -0.3 is 0 Å². The minimum absolute atomic E-state index is 0.624. The zero-order valence-electron chi connectivity index (χ0n) is 9.60. The Morgan fingerprint density at radius 1 is 1.29 bits per heavy atom. The normalized spacial score (nSPS) is 13.2. The average molecular weight is 242 g/mol. The minimum Gasteiger partial charge on any atom is -0.290 e. The van der Waals surface area contributed by atoms with Crippen molar-refractivity contribution in [2.45, 2.75) is 26.1 Å². The third-order valence-corrected chi connectivity index (χ3v) is 2.47. The van der Waals surface area contributed by atoms with Crippen LogP contribution in [0.1, 0.15) is 22.7 Å². The molecule has 0 amide bonds. The molecule has 5 heteroatoms.